The first kappa shape index (κ1) is 18.3. The summed E-state index contributed by atoms with van der Waals surface area (Å²) in [5.41, 5.74) is 0.200. The van der Waals surface area contributed by atoms with Gasteiger partial charge < -0.3 is 10.6 Å². The summed E-state index contributed by atoms with van der Waals surface area (Å²) >= 11 is 0. The molecule has 138 valence electrons. The fraction of sp³-hybridized carbons (Fsp3) is 0.611. The predicted octanol–water partition coefficient (Wildman–Crippen LogP) is 2.19. The minimum atomic E-state index is -3.60. The molecule has 1 aromatic carbocycles. The Hall–Kier alpha value is -1.47. The Balaban J connectivity index is 1.77. The minimum absolute atomic E-state index is 0.0160. The van der Waals surface area contributed by atoms with Crippen LogP contribution in [-0.4, -0.2) is 33.7 Å². The molecule has 0 bridgehead atoms. The van der Waals surface area contributed by atoms with Gasteiger partial charge in [-0.05, 0) is 49.9 Å². The summed E-state index contributed by atoms with van der Waals surface area (Å²) in [5, 5.41) is 6.36. The monoisotopic (exact) mass is 368 g/mol. The summed E-state index contributed by atoms with van der Waals surface area (Å²) in [4.78, 5) is 12.6. The van der Waals surface area contributed by atoms with E-state index < -0.39 is 15.7 Å². The van der Waals surface area contributed by atoms with Gasteiger partial charge >= 0.3 is 0 Å². The lowest BCUT2D eigenvalue weighted by Crippen LogP contribution is -2.48. The van der Waals surface area contributed by atoms with Gasteiger partial charge in [-0.2, -0.15) is 0 Å². The molecule has 2 N–H and O–H groups in total. The van der Waals surface area contributed by atoms with Gasteiger partial charge in [-0.15, -0.1) is 0 Å². The molecule has 3 rings (SSSR count). The number of hydrogen-bond acceptors (Lipinski definition) is 4. The second kappa shape index (κ2) is 6.68. The van der Waals surface area contributed by atoms with Gasteiger partial charge in [0.05, 0.1) is 11.5 Å². The van der Waals surface area contributed by atoms with Crippen molar-refractivity contribution in [3.63, 3.8) is 0 Å². The maximum Gasteiger partial charge on any atom is 0.228 e. The van der Waals surface area contributed by atoms with E-state index in [1.807, 2.05) is 0 Å². The molecule has 25 heavy (non-hydrogen) atoms. The van der Waals surface area contributed by atoms with E-state index >= 15 is 0 Å². The molecule has 0 radical (unpaired) electrons. The van der Waals surface area contributed by atoms with Crippen molar-refractivity contribution in [1.82, 2.24) is 10.6 Å². The summed E-state index contributed by atoms with van der Waals surface area (Å²) in [6.45, 7) is 3.36. The zero-order chi connectivity index (χ0) is 18.2. The number of rotatable bonds is 4. The maximum atomic E-state index is 14.1. The number of sulfone groups is 1. The average molecular weight is 368 g/mol. The van der Waals surface area contributed by atoms with Crippen molar-refractivity contribution in [1.29, 1.82) is 0 Å². The van der Waals surface area contributed by atoms with Gasteiger partial charge in [-0.3, -0.25) is 4.79 Å². The lowest BCUT2D eigenvalue weighted by Gasteiger charge is -2.38. The highest BCUT2D eigenvalue weighted by Gasteiger charge is 2.50. The fourth-order valence-corrected chi connectivity index (χ4v) is 4.93. The average Bonchev–Trinajstić information content (AvgIpc) is 2.98. The van der Waals surface area contributed by atoms with E-state index in [1.54, 1.807) is 13.0 Å². The van der Waals surface area contributed by atoms with Crippen molar-refractivity contribution in [3.8, 4) is 0 Å². The highest BCUT2D eigenvalue weighted by Crippen LogP contribution is 2.44. The number of nitrogens with one attached hydrogen (secondary N) is 2. The second-order valence-electron chi connectivity index (χ2n) is 7.39. The third-order valence-corrected chi connectivity index (χ3v) is 6.82. The van der Waals surface area contributed by atoms with E-state index in [9.17, 15) is 17.6 Å². The van der Waals surface area contributed by atoms with Crippen molar-refractivity contribution < 1.29 is 17.6 Å². The molecule has 0 spiro atoms. The molecule has 3 atom stereocenters. The van der Waals surface area contributed by atoms with Crippen LogP contribution in [0.1, 0.15) is 44.2 Å². The molecule has 1 aliphatic heterocycles. The molecule has 1 amide bonds. The Morgan fingerprint density at radius 1 is 1.40 bits per heavy atom. The number of carbonyl (C=O) groups is 1. The quantitative estimate of drug-likeness (QED) is 0.854. The van der Waals surface area contributed by atoms with Crippen LogP contribution in [0.15, 0.2) is 23.1 Å². The van der Waals surface area contributed by atoms with Gasteiger partial charge in [0, 0.05) is 12.8 Å². The molecule has 1 saturated carbocycles. The molecule has 7 heteroatoms. The molecular weight excluding hydrogens is 343 g/mol. The van der Waals surface area contributed by atoms with E-state index in [2.05, 4.69) is 10.6 Å². The summed E-state index contributed by atoms with van der Waals surface area (Å²) in [5.74, 6) is -0.405. The Bertz CT molecular complexity index is 781. The summed E-state index contributed by atoms with van der Waals surface area (Å²) in [6, 6.07) is 3.65. The van der Waals surface area contributed by atoms with Gasteiger partial charge in [-0.25, -0.2) is 12.8 Å². The topological polar surface area (TPSA) is 75.3 Å². The molecule has 0 aromatic heterocycles. The number of halogens is 1. The molecule has 2 aliphatic rings. The van der Waals surface area contributed by atoms with Crippen LogP contribution in [-0.2, 0) is 14.6 Å². The minimum Gasteiger partial charge on any atom is -0.349 e. The second-order valence-corrected chi connectivity index (χ2v) is 9.37. The molecular formula is C18H25FN2O3S. The van der Waals surface area contributed by atoms with Gasteiger partial charge in [-0.1, -0.05) is 18.9 Å². The highest BCUT2D eigenvalue weighted by molar-refractivity contribution is 7.90. The highest BCUT2D eigenvalue weighted by atomic mass is 32.2. The number of benzene rings is 1. The standard InChI is InChI=1S/C18H25FN2O3S/c1-12(13-6-7-16(15(19)9-13)25(2,23)24)21-17(22)18-8-4-3-5-14(18)10-20-11-18/h6-7,9,12,14,20H,3-5,8,10-11H2,1-2H3,(H,21,22)/t12?,14-,18+/m0/s1. The predicted molar refractivity (Wildman–Crippen MR) is 93.3 cm³/mol. The van der Waals surface area contributed by atoms with Crippen LogP contribution in [0.3, 0.4) is 0 Å². The molecule has 1 unspecified atom stereocenters. The van der Waals surface area contributed by atoms with Crippen LogP contribution in [0.5, 0.6) is 0 Å². The van der Waals surface area contributed by atoms with Crippen molar-refractivity contribution in [2.24, 2.45) is 11.3 Å². The maximum absolute atomic E-state index is 14.1. The van der Waals surface area contributed by atoms with E-state index in [-0.39, 0.29) is 22.3 Å². The summed E-state index contributed by atoms with van der Waals surface area (Å²) < 4.78 is 37.2. The molecule has 5 nitrogen and oxygen atoms in total. The molecule has 1 heterocycles. The van der Waals surface area contributed by atoms with Crippen LogP contribution < -0.4 is 10.6 Å². The Morgan fingerprint density at radius 2 is 2.16 bits per heavy atom. The molecule has 1 aliphatic carbocycles. The van der Waals surface area contributed by atoms with E-state index in [0.717, 1.165) is 38.5 Å². The lowest BCUT2D eigenvalue weighted by atomic mass is 9.67. The lowest BCUT2D eigenvalue weighted by molar-refractivity contribution is -0.134. The van der Waals surface area contributed by atoms with Crippen molar-refractivity contribution in [2.45, 2.75) is 43.5 Å². The first-order valence-electron chi connectivity index (χ1n) is 8.75. The van der Waals surface area contributed by atoms with E-state index in [0.29, 0.717) is 18.0 Å². The molecule has 1 aromatic rings. The van der Waals surface area contributed by atoms with Gasteiger partial charge in [0.2, 0.25) is 5.91 Å². The van der Waals surface area contributed by atoms with Gasteiger partial charge in [0.15, 0.2) is 9.84 Å². The smallest absolute Gasteiger partial charge is 0.228 e. The van der Waals surface area contributed by atoms with E-state index in [4.69, 9.17) is 0 Å². The largest absolute Gasteiger partial charge is 0.349 e. The number of fused-ring (bicyclic) bond motifs is 1. The first-order valence-corrected chi connectivity index (χ1v) is 10.6. The van der Waals surface area contributed by atoms with Crippen molar-refractivity contribution >= 4 is 15.7 Å². The Morgan fingerprint density at radius 3 is 2.84 bits per heavy atom. The first-order chi connectivity index (χ1) is 11.7. The summed E-state index contributed by atoms with van der Waals surface area (Å²) in [7, 11) is -3.60. The van der Waals surface area contributed by atoms with Gasteiger partial charge in [0.1, 0.15) is 10.7 Å². The van der Waals surface area contributed by atoms with Gasteiger partial charge in [0.25, 0.3) is 0 Å². The Labute approximate surface area is 148 Å². The van der Waals surface area contributed by atoms with Crippen LogP contribution in [0.2, 0.25) is 0 Å². The SMILES string of the molecule is CC(NC(=O)[C@@]12CCCC[C@H]1CNC2)c1ccc(S(C)(=O)=O)c(F)c1. The van der Waals surface area contributed by atoms with Crippen LogP contribution in [0.25, 0.3) is 0 Å². The normalized spacial score (nSPS) is 27.6. The zero-order valence-corrected chi connectivity index (χ0v) is 15.5. The van der Waals surface area contributed by atoms with Crippen molar-refractivity contribution in [3.05, 3.63) is 29.6 Å². The number of hydrogen-bond donors (Lipinski definition) is 2. The van der Waals surface area contributed by atoms with Crippen LogP contribution in [0, 0.1) is 17.2 Å². The van der Waals surface area contributed by atoms with Crippen molar-refractivity contribution in [2.75, 3.05) is 19.3 Å². The van der Waals surface area contributed by atoms with E-state index in [1.165, 1.54) is 12.1 Å². The third kappa shape index (κ3) is 3.44. The summed E-state index contributed by atoms with van der Waals surface area (Å²) in [6.07, 6.45) is 5.13. The molecule has 1 saturated heterocycles. The fourth-order valence-electron chi connectivity index (χ4n) is 4.20. The Kier molecular flexibility index (Phi) is 4.90. The number of carbonyl (C=O) groups excluding carboxylic acids is 1. The third-order valence-electron chi connectivity index (χ3n) is 5.69. The zero-order valence-electron chi connectivity index (χ0n) is 14.6. The van der Waals surface area contributed by atoms with Crippen LogP contribution in [0.4, 0.5) is 4.39 Å². The molecule has 2 fully saturated rings. The van der Waals surface area contributed by atoms with Crippen LogP contribution >= 0.6 is 0 Å². The number of amides is 1.